The van der Waals surface area contributed by atoms with E-state index in [0.717, 1.165) is 51.4 Å². The number of carbonyl (C=O) groups excluding carboxylic acids is 4. The molecule has 18 nitrogen and oxygen atoms in total. The molecule has 9 atom stereocenters. The third-order valence-electron chi connectivity index (χ3n) is 18.5. The maximum atomic E-state index is 14.7. The number of aliphatic carboxylic acids is 1. The van der Waals surface area contributed by atoms with E-state index in [2.05, 4.69) is 65.8 Å². The fraction of sp³-hybridized carbons (Fsp3) is 0.615. The third-order valence-corrected chi connectivity index (χ3v) is 18.5. The molecule has 0 aliphatic carbocycles. The van der Waals surface area contributed by atoms with E-state index < -0.39 is 53.5 Å². The molecule has 0 spiro atoms. The number of aliphatic hydroxyl groups is 2. The van der Waals surface area contributed by atoms with Crippen LogP contribution in [-0.4, -0.2) is 151 Å². The van der Waals surface area contributed by atoms with Gasteiger partial charge in [-0.3, -0.25) is 9.59 Å². The number of benzene rings is 2. The minimum Gasteiger partial charge on any atom is -0.484 e. The van der Waals surface area contributed by atoms with Crippen molar-refractivity contribution >= 4 is 30.0 Å². The van der Waals surface area contributed by atoms with Crippen LogP contribution >= 0.6 is 0 Å². The van der Waals surface area contributed by atoms with Gasteiger partial charge in [-0.05, 0) is 157 Å². The van der Waals surface area contributed by atoms with Gasteiger partial charge in [-0.15, -0.1) is 0 Å². The smallest absolute Gasteiger partial charge is 0.415 e. The monoisotopic (exact) mass is 1150 g/mol. The lowest BCUT2D eigenvalue weighted by Gasteiger charge is -2.41. The number of rotatable bonds is 20. The van der Waals surface area contributed by atoms with E-state index in [9.17, 15) is 39.3 Å². The Morgan fingerprint density at radius 2 is 1.06 bits per heavy atom. The van der Waals surface area contributed by atoms with E-state index >= 15 is 0 Å². The molecule has 8 aliphatic heterocycles. The lowest BCUT2D eigenvalue weighted by atomic mass is 9.84. The summed E-state index contributed by atoms with van der Waals surface area (Å²) in [5.41, 5.74) is 5.31. The summed E-state index contributed by atoms with van der Waals surface area (Å²) in [6.07, 6.45) is 15.0. The highest BCUT2D eigenvalue weighted by molar-refractivity contribution is 6.02. The Balaban J connectivity index is 0.870. The largest absolute Gasteiger partial charge is 0.484 e. The van der Waals surface area contributed by atoms with Crippen molar-refractivity contribution in [2.75, 3.05) is 32.7 Å². The Kier molecular flexibility index (Phi) is 17.9. The van der Waals surface area contributed by atoms with Gasteiger partial charge >= 0.3 is 18.2 Å². The van der Waals surface area contributed by atoms with Gasteiger partial charge in [0, 0.05) is 41.6 Å². The molecule has 3 N–H and O–H groups in total. The van der Waals surface area contributed by atoms with E-state index in [4.69, 9.17) is 28.4 Å². The number of fused-ring (bicyclic) bond motifs is 10. The summed E-state index contributed by atoms with van der Waals surface area (Å²) in [5, 5.41) is 34.6. The van der Waals surface area contributed by atoms with Gasteiger partial charge in [0.15, 0.2) is 0 Å². The average Bonchev–Trinajstić information content (AvgIpc) is 2.33. The summed E-state index contributed by atoms with van der Waals surface area (Å²) >= 11 is 0. The highest BCUT2D eigenvalue weighted by Gasteiger charge is 2.49. The third kappa shape index (κ3) is 13.1. The van der Waals surface area contributed by atoms with Gasteiger partial charge in [-0.25, -0.2) is 14.4 Å². The van der Waals surface area contributed by atoms with Crippen molar-refractivity contribution in [2.45, 2.75) is 225 Å². The molecule has 83 heavy (non-hydrogen) atoms. The number of carboxylic acid groups (broad SMARTS) is 1. The normalized spacial score (nSPS) is 27.3. The Labute approximate surface area is 488 Å². The Bertz CT molecular complexity index is 2970. The zero-order chi connectivity index (χ0) is 59.1. The molecule has 2 aromatic carbocycles. The molecule has 8 heterocycles. The number of morpholine rings is 2. The van der Waals surface area contributed by atoms with Crippen molar-refractivity contribution in [3.8, 4) is 23.0 Å². The number of allylic oxidation sites excluding steroid dienone is 8. The van der Waals surface area contributed by atoms with Crippen molar-refractivity contribution in [1.82, 2.24) is 19.6 Å². The Morgan fingerprint density at radius 1 is 0.627 bits per heavy atom. The predicted molar refractivity (Wildman–Crippen MR) is 310 cm³/mol. The first-order valence-corrected chi connectivity index (χ1v) is 30.3. The number of likely N-dealkylation sites (tertiary alicyclic amines) is 2. The molecule has 0 radical (unpaired) electrons. The second kappa shape index (κ2) is 24.8. The fourth-order valence-corrected chi connectivity index (χ4v) is 13.4. The number of aliphatic hydroxyl groups excluding tert-OH is 2. The zero-order valence-electron chi connectivity index (χ0n) is 49.9. The molecule has 4 fully saturated rings. The maximum Gasteiger partial charge on any atom is 0.415 e. The van der Waals surface area contributed by atoms with Gasteiger partial charge in [-0.2, -0.15) is 0 Å². The second-order valence-electron chi connectivity index (χ2n) is 25.6. The number of carboxylic acids is 1. The molecule has 4 bridgehead atoms. The molecular weight excluding hydrogens is 1060 g/mol. The highest BCUT2D eigenvalue weighted by Crippen LogP contribution is 2.50. The van der Waals surface area contributed by atoms with Crippen LogP contribution in [0.2, 0.25) is 0 Å². The van der Waals surface area contributed by atoms with Gasteiger partial charge in [0.25, 0.3) is 11.8 Å². The highest BCUT2D eigenvalue weighted by atomic mass is 16.6. The van der Waals surface area contributed by atoms with Crippen LogP contribution in [-0.2, 0) is 40.2 Å². The molecule has 0 saturated carbocycles. The van der Waals surface area contributed by atoms with Crippen molar-refractivity contribution < 1.29 is 67.7 Å². The SMILES string of the molecule is CC(C)=CCC/C(C)=C/CC[C@@]1(C)Oc2c(c(OC(=O)N3CC4CCC(C3)O4)cc3c2CN(CCC[C@@H](C(=O)O)N2Cc4c(cc(OC(=O)N5CC6CCC(C5)O6)c5c4O[C@](C)(CC/C=C(\C)CCC=C(C)C)[C@@H](O)C5)C2=O)C3=O)C[C@@H]1O. The van der Waals surface area contributed by atoms with Gasteiger partial charge in [0.1, 0.15) is 40.2 Å². The zero-order valence-corrected chi connectivity index (χ0v) is 49.9. The van der Waals surface area contributed by atoms with E-state index in [-0.39, 0.29) is 92.7 Å². The minimum absolute atomic E-state index is 0.0142. The lowest BCUT2D eigenvalue weighted by molar-refractivity contribution is -0.142. The van der Waals surface area contributed by atoms with Gasteiger partial charge in [0.2, 0.25) is 0 Å². The van der Waals surface area contributed by atoms with E-state index in [0.29, 0.717) is 91.2 Å². The molecule has 4 unspecified atom stereocenters. The van der Waals surface area contributed by atoms with Crippen molar-refractivity contribution in [3.05, 3.63) is 92.1 Å². The fourth-order valence-electron chi connectivity index (χ4n) is 13.4. The second-order valence-corrected chi connectivity index (χ2v) is 25.6. The molecule has 18 heteroatoms. The molecule has 4 saturated heterocycles. The summed E-state index contributed by atoms with van der Waals surface area (Å²) in [7, 11) is 0. The lowest BCUT2D eigenvalue weighted by Crippen LogP contribution is -2.49. The van der Waals surface area contributed by atoms with Gasteiger partial charge in [-0.1, -0.05) is 46.6 Å². The maximum absolute atomic E-state index is 14.7. The van der Waals surface area contributed by atoms with Crippen molar-refractivity contribution in [1.29, 1.82) is 0 Å². The Hall–Kier alpha value is -6.21. The summed E-state index contributed by atoms with van der Waals surface area (Å²) in [5.74, 6) is -1.19. The average molecular weight is 1150 g/mol. The molecule has 4 amide bonds. The van der Waals surface area contributed by atoms with Crippen LogP contribution < -0.4 is 18.9 Å². The number of amides is 4. The van der Waals surface area contributed by atoms with Crippen LogP contribution in [0.25, 0.3) is 0 Å². The number of nitrogens with zero attached hydrogens (tertiary/aromatic N) is 4. The van der Waals surface area contributed by atoms with Crippen molar-refractivity contribution in [2.24, 2.45) is 0 Å². The summed E-state index contributed by atoms with van der Waals surface area (Å²) in [6, 6.07) is 1.76. The van der Waals surface area contributed by atoms with Gasteiger partial charge < -0.3 is 63.3 Å². The molecule has 8 aliphatic rings. The Morgan fingerprint density at radius 3 is 1.49 bits per heavy atom. The van der Waals surface area contributed by atoms with Crippen LogP contribution in [0.1, 0.15) is 188 Å². The predicted octanol–water partition coefficient (Wildman–Crippen LogP) is 10.3. The van der Waals surface area contributed by atoms with Crippen LogP contribution in [0.3, 0.4) is 0 Å². The first-order chi connectivity index (χ1) is 39.6. The van der Waals surface area contributed by atoms with E-state index in [1.165, 1.54) is 33.3 Å². The standard InChI is InChI=1S/C65H86N4O14/c1-38(2)14-9-16-40(5)18-11-25-64(7)55(70)30-48-53(80-62(76)67-32-42-21-22-43(33-67)78-42)28-46-50(57(48)82-64)36-66(59(46)72)27-13-20-52(61(74)75)69-37-51-47(60(69)73)29-54(81-63(77)68-34-44-23-24-45(35-68)79-44)49-31-56(71)65(8,83-58(49)51)26-12-19-41(6)17-10-15-39(3)4/h14-15,18-19,28-29,42-45,52,55-56,70-71H,9-13,16-17,20-27,30-37H2,1-8H3,(H,74,75)/b40-18+,41-19+/t42?,43?,44?,45?,52-,55-,56-,64+,65+/m0/s1. The molecule has 450 valence electrons. The van der Waals surface area contributed by atoms with Crippen LogP contribution in [0.5, 0.6) is 23.0 Å². The molecule has 10 rings (SSSR count). The van der Waals surface area contributed by atoms with Crippen LogP contribution in [0, 0.1) is 0 Å². The first-order valence-electron chi connectivity index (χ1n) is 30.3. The minimum atomic E-state index is -1.31. The number of ether oxygens (including phenoxy) is 6. The topological polar surface area (TPSA) is 214 Å². The van der Waals surface area contributed by atoms with E-state index in [1.807, 2.05) is 13.8 Å². The molecule has 2 aromatic rings. The summed E-state index contributed by atoms with van der Waals surface area (Å²) in [6.45, 7) is 17.9. The number of hydrogen-bond donors (Lipinski definition) is 3. The van der Waals surface area contributed by atoms with E-state index in [1.54, 1.807) is 20.8 Å². The van der Waals surface area contributed by atoms with Crippen LogP contribution in [0.15, 0.2) is 58.7 Å². The summed E-state index contributed by atoms with van der Waals surface area (Å²) < 4.78 is 37.9. The first kappa shape index (κ1) is 59.9. The molecular formula is C65H86N4O14. The number of hydrogen-bond acceptors (Lipinski definition) is 13. The summed E-state index contributed by atoms with van der Waals surface area (Å²) in [4.78, 5) is 76.7. The quantitative estimate of drug-likeness (QED) is 0.105. The van der Waals surface area contributed by atoms with Crippen LogP contribution in [0.4, 0.5) is 9.59 Å². The number of carbonyl (C=O) groups is 5. The molecule has 0 aromatic heterocycles. The van der Waals surface area contributed by atoms with Crippen molar-refractivity contribution in [3.63, 3.8) is 0 Å². The van der Waals surface area contributed by atoms with Gasteiger partial charge in [0.05, 0.1) is 87.0 Å².